The van der Waals surface area contributed by atoms with Crippen molar-refractivity contribution in [1.82, 2.24) is 5.32 Å². The molecule has 1 aliphatic rings. The summed E-state index contributed by atoms with van der Waals surface area (Å²) in [5.41, 5.74) is 0.213. The van der Waals surface area contributed by atoms with Gasteiger partial charge in [-0.1, -0.05) is 18.2 Å². The molecule has 1 saturated heterocycles. The van der Waals surface area contributed by atoms with E-state index < -0.39 is 11.7 Å². The van der Waals surface area contributed by atoms with Gasteiger partial charge in [0, 0.05) is 11.0 Å². The van der Waals surface area contributed by atoms with E-state index in [-0.39, 0.29) is 0 Å². The highest BCUT2D eigenvalue weighted by Gasteiger charge is 2.30. The molecule has 5 heteroatoms. The van der Waals surface area contributed by atoms with Gasteiger partial charge in [-0.05, 0) is 44.0 Å². The smallest absolute Gasteiger partial charge is 0.317 e. The molecule has 1 aromatic carbocycles. The van der Waals surface area contributed by atoms with Crippen molar-refractivity contribution in [2.24, 2.45) is 0 Å². The van der Waals surface area contributed by atoms with E-state index in [1.54, 1.807) is 17.8 Å². The molecular formula is C14H18F3NS. The number of benzene rings is 1. The minimum atomic E-state index is -4.24. The summed E-state index contributed by atoms with van der Waals surface area (Å²) < 4.78 is 37.8. The minimum Gasteiger partial charge on any atom is -0.317 e. The zero-order valence-electron chi connectivity index (χ0n) is 10.7. The summed E-state index contributed by atoms with van der Waals surface area (Å²) in [5.74, 6) is 0.661. The highest BCUT2D eigenvalue weighted by atomic mass is 32.2. The molecule has 19 heavy (non-hydrogen) atoms. The molecule has 0 aliphatic carbocycles. The van der Waals surface area contributed by atoms with Gasteiger partial charge in [-0.2, -0.15) is 24.9 Å². The van der Waals surface area contributed by atoms with Gasteiger partial charge in [0.25, 0.3) is 0 Å². The lowest BCUT2D eigenvalue weighted by atomic mass is 10.1. The van der Waals surface area contributed by atoms with Gasteiger partial charge in [-0.3, -0.25) is 0 Å². The van der Waals surface area contributed by atoms with E-state index in [0.717, 1.165) is 44.0 Å². The number of hydrogen-bond donors (Lipinski definition) is 1. The fourth-order valence-electron chi connectivity index (χ4n) is 2.21. The first kappa shape index (κ1) is 14.7. The monoisotopic (exact) mass is 289 g/mol. The van der Waals surface area contributed by atoms with Gasteiger partial charge in [0.2, 0.25) is 0 Å². The standard InChI is InChI=1S/C14H18F3NS/c15-14(16,17)12-4-1-3-11(9-12)10-19-13-5-2-7-18-8-6-13/h1,3-4,9,13,18H,2,5-8,10H2. The van der Waals surface area contributed by atoms with E-state index in [4.69, 9.17) is 0 Å². The molecule has 1 nitrogen and oxygen atoms in total. The largest absolute Gasteiger partial charge is 0.416 e. The molecule has 106 valence electrons. The van der Waals surface area contributed by atoms with Crippen molar-refractivity contribution in [3.8, 4) is 0 Å². The lowest BCUT2D eigenvalue weighted by molar-refractivity contribution is -0.137. The van der Waals surface area contributed by atoms with Crippen molar-refractivity contribution in [3.63, 3.8) is 0 Å². The van der Waals surface area contributed by atoms with Crippen molar-refractivity contribution >= 4 is 11.8 Å². The summed E-state index contributed by atoms with van der Waals surface area (Å²) in [6.45, 7) is 2.07. The van der Waals surface area contributed by atoms with Gasteiger partial charge in [-0.25, -0.2) is 0 Å². The van der Waals surface area contributed by atoms with Crippen LogP contribution in [0.4, 0.5) is 13.2 Å². The van der Waals surface area contributed by atoms with E-state index in [1.165, 1.54) is 12.1 Å². The van der Waals surface area contributed by atoms with Crippen LogP contribution in [0.5, 0.6) is 0 Å². The molecule has 0 bridgehead atoms. The molecule has 1 N–H and O–H groups in total. The second kappa shape index (κ2) is 6.66. The van der Waals surface area contributed by atoms with Crippen molar-refractivity contribution in [2.45, 2.75) is 36.4 Å². The second-order valence-corrected chi connectivity index (χ2v) is 6.10. The van der Waals surface area contributed by atoms with E-state index in [0.29, 0.717) is 11.0 Å². The van der Waals surface area contributed by atoms with Gasteiger partial charge in [0.1, 0.15) is 0 Å². The van der Waals surface area contributed by atoms with E-state index in [1.807, 2.05) is 0 Å². The average molecular weight is 289 g/mol. The molecule has 0 aromatic heterocycles. The number of rotatable bonds is 3. The topological polar surface area (TPSA) is 12.0 Å². The van der Waals surface area contributed by atoms with Gasteiger partial charge in [0.15, 0.2) is 0 Å². The van der Waals surface area contributed by atoms with Crippen LogP contribution in [0.2, 0.25) is 0 Å². The Balaban J connectivity index is 1.92. The number of nitrogens with one attached hydrogen (secondary N) is 1. The summed E-state index contributed by atoms with van der Waals surface area (Å²) in [6, 6.07) is 5.66. The predicted octanol–water partition coefficient (Wildman–Crippen LogP) is 4.08. The molecule has 0 saturated carbocycles. The van der Waals surface area contributed by atoms with E-state index >= 15 is 0 Å². The summed E-state index contributed by atoms with van der Waals surface area (Å²) >= 11 is 1.78. The first-order chi connectivity index (χ1) is 9.05. The third-order valence-corrected chi connectivity index (χ3v) is 4.71. The third-order valence-electron chi connectivity index (χ3n) is 3.26. The van der Waals surface area contributed by atoms with Crippen molar-refractivity contribution in [1.29, 1.82) is 0 Å². The van der Waals surface area contributed by atoms with Gasteiger partial charge >= 0.3 is 6.18 Å². The van der Waals surface area contributed by atoms with Gasteiger partial charge in [-0.15, -0.1) is 0 Å². The molecule has 2 rings (SSSR count). The van der Waals surface area contributed by atoms with E-state index in [2.05, 4.69) is 5.32 Å². The van der Waals surface area contributed by atoms with Crippen LogP contribution < -0.4 is 5.32 Å². The fraction of sp³-hybridized carbons (Fsp3) is 0.571. The zero-order chi connectivity index (χ0) is 13.7. The average Bonchev–Trinajstić information content (AvgIpc) is 2.64. The van der Waals surface area contributed by atoms with Crippen molar-refractivity contribution in [2.75, 3.05) is 13.1 Å². The molecule has 0 spiro atoms. The minimum absolute atomic E-state index is 0.548. The Bertz CT molecular complexity index is 398. The lowest BCUT2D eigenvalue weighted by Gasteiger charge is -2.14. The Morgan fingerprint density at radius 1 is 1.21 bits per heavy atom. The summed E-state index contributed by atoms with van der Waals surface area (Å²) in [4.78, 5) is 0. The Morgan fingerprint density at radius 3 is 2.84 bits per heavy atom. The lowest BCUT2D eigenvalue weighted by Crippen LogP contribution is -2.14. The van der Waals surface area contributed by atoms with Gasteiger partial charge < -0.3 is 5.32 Å². The van der Waals surface area contributed by atoms with Crippen LogP contribution >= 0.6 is 11.8 Å². The zero-order valence-corrected chi connectivity index (χ0v) is 11.5. The number of alkyl halides is 3. The highest BCUT2D eigenvalue weighted by Crippen LogP contribution is 2.31. The molecular weight excluding hydrogens is 271 g/mol. The Labute approximate surface area is 116 Å². The number of halogens is 3. The quantitative estimate of drug-likeness (QED) is 0.900. The fourth-order valence-corrected chi connectivity index (χ4v) is 3.43. The summed E-state index contributed by atoms with van der Waals surface area (Å²) in [7, 11) is 0. The first-order valence-corrected chi connectivity index (χ1v) is 7.59. The number of thioether (sulfide) groups is 1. The molecule has 0 radical (unpaired) electrons. The summed E-state index contributed by atoms with van der Waals surface area (Å²) in [6.07, 6.45) is -0.840. The molecule has 1 aromatic rings. The number of hydrogen-bond acceptors (Lipinski definition) is 2. The van der Waals surface area contributed by atoms with Crippen molar-refractivity contribution in [3.05, 3.63) is 35.4 Å². The van der Waals surface area contributed by atoms with Crippen LogP contribution in [0, 0.1) is 0 Å². The predicted molar refractivity (Wildman–Crippen MR) is 73.2 cm³/mol. The molecule has 1 fully saturated rings. The third kappa shape index (κ3) is 4.73. The van der Waals surface area contributed by atoms with Crippen LogP contribution in [0.25, 0.3) is 0 Å². The maximum Gasteiger partial charge on any atom is 0.416 e. The van der Waals surface area contributed by atoms with Crippen LogP contribution in [0.1, 0.15) is 30.4 Å². The summed E-state index contributed by atoms with van der Waals surface area (Å²) in [5, 5.41) is 3.90. The Kier molecular flexibility index (Phi) is 5.16. The Hall–Kier alpha value is -0.680. The SMILES string of the molecule is FC(F)(F)c1cccc(CSC2CCCNCC2)c1. The normalized spacial score (nSPS) is 21.1. The molecule has 1 aliphatic heterocycles. The maximum atomic E-state index is 12.6. The van der Waals surface area contributed by atoms with Crippen LogP contribution in [-0.4, -0.2) is 18.3 Å². The first-order valence-electron chi connectivity index (χ1n) is 6.54. The second-order valence-electron chi connectivity index (χ2n) is 4.81. The van der Waals surface area contributed by atoms with Crippen LogP contribution in [0.3, 0.4) is 0 Å². The van der Waals surface area contributed by atoms with Crippen LogP contribution in [0.15, 0.2) is 24.3 Å². The van der Waals surface area contributed by atoms with Crippen molar-refractivity contribution < 1.29 is 13.2 Å². The highest BCUT2D eigenvalue weighted by molar-refractivity contribution is 7.99. The van der Waals surface area contributed by atoms with Crippen LogP contribution in [-0.2, 0) is 11.9 Å². The molecule has 1 heterocycles. The maximum absolute atomic E-state index is 12.6. The van der Waals surface area contributed by atoms with E-state index in [9.17, 15) is 13.2 Å². The molecule has 0 amide bonds. The molecule has 1 unspecified atom stereocenters. The van der Waals surface area contributed by atoms with Gasteiger partial charge in [0.05, 0.1) is 5.56 Å². The molecule has 1 atom stereocenters. The Morgan fingerprint density at radius 2 is 2.05 bits per heavy atom.